The van der Waals surface area contributed by atoms with Crippen molar-refractivity contribution in [3.8, 4) is 0 Å². The third kappa shape index (κ3) is 2.87. The summed E-state index contributed by atoms with van der Waals surface area (Å²) in [6.45, 7) is 2.18. The fourth-order valence-corrected chi connectivity index (χ4v) is 6.64. The van der Waals surface area contributed by atoms with Gasteiger partial charge in [0.05, 0.1) is 0 Å². The van der Waals surface area contributed by atoms with Gasteiger partial charge in [-0.2, -0.15) is 0 Å². The number of carbonyl (C=O) groups is 2. The lowest BCUT2D eigenvalue weighted by Crippen LogP contribution is -2.44. The standard InChI is InChI=1S/C25H27NO3/c1-25-14-21(15-3-2-4-17(26-29)7-5-15)24-19-10-8-18(27)13-16(19)6-9-20(24)22(25)11-12-23(25)28/h2-5,7,13,17,20-22H,6,8-12,14H2,1H3/t17?,20?,21-,22?,25+/m1/s1. The zero-order valence-electron chi connectivity index (χ0n) is 16.9. The fourth-order valence-electron chi connectivity index (χ4n) is 6.64. The first kappa shape index (κ1) is 18.7. The van der Waals surface area contributed by atoms with E-state index in [1.165, 1.54) is 16.7 Å². The second kappa shape index (κ2) is 6.86. The zero-order valence-corrected chi connectivity index (χ0v) is 16.9. The molecule has 5 aliphatic rings. The van der Waals surface area contributed by atoms with E-state index in [9.17, 15) is 14.5 Å². The summed E-state index contributed by atoms with van der Waals surface area (Å²) in [6, 6.07) is -0.439. The molecule has 0 radical (unpaired) electrons. The average molecular weight is 389 g/mol. The third-order valence-corrected chi connectivity index (χ3v) is 8.05. The van der Waals surface area contributed by atoms with E-state index in [4.69, 9.17) is 0 Å². The summed E-state index contributed by atoms with van der Waals surface area (Å²) in [5.41, 5.74) is 5.00. The summed E-state index contributed by atoms with van der Waals surface area (Å²) in [5, 5.41) is 3.15. The molecule has 3 unspecified atom stereocenters. The van der Waals surface area contributed by atoms with Crippen LogP contribution in [0.15, 0.2) is 63.9 Å². The van der Waals surface area contributed by atoms with Crippen molar-refractivity contribution in [1.29, 1.82) is 0 Å². The SMILES string of the molecule is C[C@]12C[C@H](C3=CC=CC(N=O)C=C3)C3=C4CCC(=O)C=C4CCC3C1CCC2=O. The second-order valence-electron chi connectivity index (χ2n) is 9.46. The van der Waals surface area contributed by atoms with Gasteiger partial charge in [0.15, 0.2) is 5.78 Å². The molecule has 0 aromatic carbocycles. The topological polar surface area (TPSA) is 63.6 Å². The van der Waals surface area contributed by atoms with Crippen LogP contribution in [0.25, 0.3) is 0 Å². The molecule has 2 fully saturated rings. The molecule has 5 aliphatic carbocycles. The Hall–Kier alpha value is -2.36. The van der Waals surface area contributed by atoms with Crippen molar-refractivity contribution < 1.29 is 9.59 Å². The maximum Gasteiger partial charge on any atom is 0.156 e. The summed E-state index contributed by atoms with van der Waals surface area (Å²) < 4.78 is 0. The molecular weight excluding hydrogens is 362 g/mol. The van der Waals surface area contributed by atoms with Crippen LogP contribution in [0.1, 0.15) is 51.9 Å². The number of nitrogens with zero attached hydrogens (tertiary/aromatic N) is 1. The molecule has 150 valence electrons. The van der Waals surface area contributed by atoms with Gasteiger partial charge < -0.3 is 0 Å². The van der Waals surface area contributed by atoms with Crippen LogP contribution in [0, 0.1) is 28.1 Å². The monoisotopic (exact) mass is 389 g/mol. The molecular formula is C25H27NO3. The van der Waals surface area contributed by atoms with Crippen molar-refractivity contribution in [2.45, 2.75) is 57.9 Å². The Morgan fingerprint density at radius 1 is 1.07 bits per heavy atom. The first-order valence-electron chi connectivity index (χ1n) is 10.9. The molecule has 0 aliphatic heterocycles. The highest BCUT2D eigenvalue weighted by atomic mass is 16.3. The highest BCUT2D eigenvalue weighted by Crippen LogP contribution is 2.61. The molecule has 0 bridgehead atoms. The van der Waals surface area contributed by atoms with Gasteiger partial charge in [0, 0.05) is 24.2 Å². The highest BCUT2D eigenvalue weighted by molar-refractivity contribution is 5.93. The Morgan fingerprint density at radius 2 is 1.93 bits per heavy atom. The third-order valence-electron chi connectivity index (χ3n) is 8.05. The molecule has 0 amide bonds. The van der Waals surface area contributed by atoms with Crippen LogP contribution < -0.4 is 0 Å². The maximum absolute atomic E-state index is 12.9. The maximum atomic E-state index is 12.9. The lowest BCUT2D eigenvalue weighted by Gasteiger charge is -2.50. The van der Waals surface area contributed by atoms with Crippen molar-refractivity contribution in [2.24, 2.45) is 28.3 Å². The van der Waals surface area contributed by atoms with E-state index >= 15 is 0 Å². The lowest BCUT2D eigenvalue weighted by atomic mass is 9.53. The number of hydrogen-bond acceptors (Lipinski definition) is 4. The minimum absolute atomic E-state index is 0.168. The number of allylic oxidation sites excluding steroid dienone is 8. The molecule has 5 atom stereocenters. The Balaban J connectivity index is 1.65. The van der Waals surface area contributed by atoms with E-state index in [-0.39, 0.29) is 17.1 Å². The van der Waals surface area contributed by atoms with E-state index < -0.39 is 6.04 Å². The Bertz CT molecular complexity index is 947. The predicted molar refractivity (Wildman–Crippen MR) is 112 cm³/mol. The van der Waals surface area contributed by atoms with Crippen LogP contribution in [0.5, 0.6) is 0 Å². The van der Waals surface area contributed by atoms with Crippen molar-refractivity contribution in [3.05, 3.63) is 63.7 Å². The molecule has 0 spiro atoms. The number of hydrogen-bond donors (Lipinski definition) is 0. The Kier molecular flexibility index (Phi) is 4.41. The van der Waals surface area contributed by atoms with E-state index in [2.05, 4.69) is 18.2 Å². The molecule has 0 saturated heterocycles. The van der Waals surface area contributed by atoms with Gasteiger partial charge in [0.25, 0.3) is 0 Å². The van der Waals surface area contributed by atoms with Crippen molar-refractivity contribution in [2.75, 3.05) is 0 Å². The minimum atomic E-state index is -0.439. The van der Waals surface area contributed by atoms with E-state index in [1.54, 1.807) is 0 Å². The van der Waals surface area contributed by atoms with Gasteiger partial charge in [0.2, 0.25) is 0 Å². The predicted octanol–water partition coefficient (Wildman–Crippen LogP) is 5.18. The molecule has 0 N–H and O–H groups in total. The van der Waals surface area contributed by atoms with Crippen LogP contribution in [0.3, 0.4) is 0 Å². The first-order valence-corrected chi connectivity index (χ1v) is 10.9. The van der Waals surface area contributed by atoms with Gasteiger partial charge in [-0.15, -0.1) is 4.91 Å². The number of Topliss-reactive ketones (excluding diaryl/α,β-unsaturated/α-hetero) is 1. The van der Waals surface area contributed by atoms with E-state index in [0.717, 1.165) is 37.7 Å². The van der Waals surface area contributed by atoms with Crippen LogP contribution >= 0.6 is 0 Å². The van der Waals surface area contributed by atoms with Gasteiger partial charge in [-0.05, 0) is 66.7 Å². The van der Waals surface area contributed by atoms with Crippen LogP contribution in [0.2, 0.25) is 0 Å². The summed E-state index contributed by atoms with van der Waals surface area (Å²) in [5.74, 6) is 1.67. The molecule has 4 heteroatoms. The average Bonchev–Trinajstić information content (AvgIpc) is 2.89. The molecule has 0 heterocycles. The molecule has 5 rings (SSSR count). The van der Waals surface area contributed by atoms with Crippen LogP contribution in [-0.4, -0.2) is 17.6 Å². The number of fused-ring (bicyclic) bond motifs is 4. The summed E-state index contributed by atoms with van der Waals surface area (Å²) in [4.78, 5) is 36.0. The molecule has 2 saturated carbocycles. The quantitative estimate of drug-likeness (QED) is 0.612. The minimum Gasteiger partial charge on any atom is -0.299 e. The van der Waals surface area contributed by atoms with Gasteiger partial charge in [-0.3, -0.25) is 9.59 Å². The molecule has 4 nitrogen and oxygen atoms in total. The first-order chi connectivity index (χ1) is 14.0. The van der Waals surface area contributed by atoms with Crippen molar-refractivity contribution in [1.82, 2.24) is 0 Å². The number of nitroso groups, excluding NO2 is 1. The summed E-state index contributed by atoms with van der Waals surface area (Å²) in [6.07, 6.45) is 17.5. The van der Waals surface area contributed by atoms with Gasteiger partial charge in [-0.25, -0.2) is 0 Å². The highest BCUT2D eigenvalue weighted by Gasteiger charge is 2.56. The zero-order chi connectivity index (χ0) is 20.2. The molecule has 0 aromatic heterocycles. The van der Waals surface area contributed by atoms with Gasteiger partial charge in [-0.1, -0.05) is 48.1 Å². The van der Waals surface area contributed by atoms with E-state index in [0.29, 0.717) is 30.5 Å². The van der Waals surface area contributed by atoms with Crippen LogP contribution in [-0.2, 0) is 9.59 Å². The largest absolute Gasteiger partial charge is 0.299 e. The van der Waals surface area contributed by atoms with Crippen molar-refractivity contribution >= 4 is 11.6 Å². The van der Waals surface area contributed by atoms with Crippen LogP contribution in [0.4, 0.5) is 0 Å². The molecule has 29 heavy (non-hydrogen) atoms. The number of ketones is 2. The van der Waals surface area contributed by atoms with E-state index in [1.807, 2.05) is 30.4 Å². The fraction of sp³-hybridized carbons (Fsp3) is 0.520. The number of carbonyl (C=O) groups excluding carboxylic acids is 2. The Labute approximate surface area is 171 Å². The van der Waals surface area contributed by atoms with Gasteiger partial charge in [0.1, 0.15) is 11.8 Å². The summed E-state index contributed by atoms with van der Waals surface area (Å²) >= 11 is 0. The number of rotatable bonds is 2. The van der Waals surface area contributed by atoms with Gasteiger partial charge >= 0.3 is 0 Å². The molecule has 0 aromatic rings. The summed E-state index contributed by atoms with van der Waals surface area (Å²) in [7, 11) is 0. The van der Waals surface area contributed by atoms with Crippen molar-refractivity contribution in [3.63, 3.8) is 0 Å². The second-order valence-corrected chi connectivity index (χ2v) is 9.46. The normalized spacial score (nSPS) is 38.7. The Morgan fingerprint density at radius 3 is 2.76 bits per heavy atom. The lowest BCUT2D eigenvalue weighted by molar-refractivity contribution is -0.128. The smallest absolute Gasteiger partial charge is 0.156 e.